The lowest BCUT2D eigenvalue weighted by Crippen LogP contribution is -2.50. The third-order valence-corrected chi connectivity index (χ3v) is 5.80. The zero-order chi connectivity index (χ0) is 20.1. The Hall–Kier alpha value is -3.12. The average molecular weight is 407 g/mol. The van der Waals surface area contributed by atoms with Crippen molar-refractivity contribution >= 4 is 23.2 Å². The summed E-state index contributed by atoms with van der Waals surface area (Å²) in [6.07, 6.45) is 0. The number of ether oxygens (including phenoxy) is 1. The van der Waals surface area contributed by atoms with Crippen LogP contribution in [0.3, 0.4) is 0 Å². The highest BCUT2D eigenvalue weighted by atomic mass is 32.1. The minimum Gasteiger partial charge on any atom is -0.488 e. The summed E-state index contributed by atoms with van der Waals surface area (Å²) in [4.78, 5) is 29.9. The molecule has 1 saturated heterocycles. The number of amides is 2. The molecule has 1 fully saturated rings. The van der Waals surface area contributed by atoms with Gasteiger partial charge in [0.15, 0.2) is 0 Å². The number of nitrogens with zero attached hydrogens (tertiary/aromatic N) is 2. The molecule has 1 aromatic heterocycles. The van der Waals surface area contributed by atoms with E-state index in [2.05, 4.69) is 0 Å². The second kappa shape index (κ2) is 8.92. The molecule has 0 unspecified atom stereocenters. The van der Waals surface area contributed by atoms with E-state index in [4.69, 9.17) is 4.74 Å². The maximum atomic E-state index is 13.1. The van der Waals surface area contributed by atoms with Crippen molar-refractivity contribution in [1.29, 1.82) is 0 Å². The van der Waals surface area contributed by atoms with E-state index in [1.165, 1.54) is 11.3 Å². The van der Waals surface area contributed by atoms with Gasteiger partial charge in [0.25, 0.3) is 11.8 Å². The van der Waals surface area contributed by atoms with Crippen LogP contribution in [0.2, 0.25) is 0 Å². The maximum absolute atomic E-state index is 13.1. The molecular formula is C23H22N2O3S. The molecule has 0 atom stereocenters. The lowest BCUT2D eigenvalue weighted by molar-refractivity contribution is 0.0535. The minimum absolute atomic E-state index is 0.0405. The first-order chi connectivity index (χ1) is 14.2. The zero-order valence-electron chi connectivity index (χ0n) is 16.0. The molecule has 6 heteroatoms. The fourth-order valence-electron chi connectivity index (χ4n) is 3.34. The van der Waals surface area contributed by atoms with Gasteiger partial charge in [0.2, 0.25) is 0 Å². The van der Waals surface area contributed by atoms with Crippen molar-refractivity contribution in [1.82, 2.24) is 9.80 Å². The quantitative estimate of drug-likeness (QED) is 0.645. The normalized spacial score (nSPS) is 13.9. The van der Waals surface area contributed by atoms with Gasteiger partial charge in [0, 0.05) is 26.2 Å². The molecule has 0 spiro atoms. The summed E-state index contributed by atoms with van der Waals surface area (Å²) in [5, 5.41) is 1.90. The predicted octanol–water partition coefficient (Wildman–Crippen LogP) is 3.93. The number of carbonyl (C=O) groups is 2. The Morgan fingerprint density at radius 2 is 1.45 bits per heavy atom. The number of para-hydroxylation sites is 1. The van der Waals surface area contributed by atoms with Crippen molar-refractivity contribution in [3.8, 4) is 5.75 Å². The first kappa shape index (κ1) is 19.2. The first-order valence-electron chi connectivity index (χ1n) is 9.60. The summed E-state index contributed by atoms with van der Waals surface area (Å²) < 4.78 is 5.93. The van der Waals surface area contributed by atoms with Crippen LogP contribution < -0.4 is 4.74 Å². The fraction of sp³-hybridized carbons (Fsp3) is 0.217. The van der Waals surface area contributed by atoms with Crippen LogP contribution in [0.1, 0.15) is 25.6 Å². The number of carbonyl (C=O) groups excluding carboxylic acids is 2. The Morgan fingerprint density at radius 1 is 0.793 bits per heavy atom. The molecule has 2 heterocycles. The van der Waals surface area contributed by atoms with Crippen LogP contribution in [0.5, 0.6) is 5.75 Å². The Morgan fingerprint density at radius 3 is 2.14 bits per heavy atom. The summed E-state index contributed by atoms with van der Waals surface area (Å²) in [6.45, 7) is 2.52. The number of rotatable bonds is 5. The number of hydrogen-bond donors (Lipinski definition) is 0. The molecule has 2 aromatic carbocycles. The van der Waals surface area contributed by atoms with E-state index >= 15 is 0 Å². The van der Waals surface area contributed by atoms with E-state index < -0.39 is 0 Å². The van der Waals surface area contributed by atoms with Crippen molar-refractivity contribution in [2.45, 2.75) is 6.61 Å². The molecule has 5 nitrogen and oxygen atoms in total. The van der Waals surface area contributed by atoms with E-state index in [1.54, 1.807) is 11.0 Å². The largest absolute Gasteiger partial charge is 0.488 e. The molecule has 1 aliphatic rings. The maximum Gasteiger partial charge on any atom is 0.264 e. The second-order valence-corrected chi connectivity index (χ2v) is 7.78. The molecule has 0 radical (unpaired) electrons. The summed E-state index contributed by atoms with van der Waals surface area (Å²) >= 11 is 1.45. The van der Waals surface area contributed by atoms with Gasteiger partial charge in [0.1, 0.15) is 12.4 Å². The van der Waals surface area contributed by atoms with Gasteiger partial charge in [-0.15, -0.1) is 11.3 Å². The number of thiophene rings is 1. The highest BCUT2D eigenvalue weighted by Gasteiger charge is 2.27. The van der Waals surface area contributed by atoms with Gasteiger partial charge in [-0.2, -0.15) is 0 Å². The summed E-state index contributed by atoms with van der Waals surface area (Å²) in [5.41, 5.74) is 1.61. The van der Waals surface area contributed by atoms with Crippen LogP contribution in [-0.2, 0) is 6.61 Å². The van der Waals surface area contributed by atoms with Crippen molar-refractivity contribution in [2.24, 2.45) is 0 Å². The van der Waals surface area contributed by atoms with E-state index in [0.29, 0.717) is 44.1 Å². The lowest BCUT2D eigenvalue weighted by Gasteiger charge is -2.34. The Bertz CT molecular complexity index is 965. The van der Waals surface area contributed by atoms with Gasteiger partial charge in [0.05, 0.1) is 10.4 Å². The van der Waals surface area contributed by atoms with Crippen LogP contribution in [0.15, 0.2) is 72.1 Å². The minimum atomic E-state index is -0.0584. The summed E-state index contributed by atoms with van der Waals surface area (Å²) in [7, 11) is 0. The van der Waals surface area contributed by atoms with E-state index in [0.717, 1.165) is 10.4 Å². The SMILES string of the molecule is O=C(c1cccs1)N1CCN(C(=O)c2ccccc2OCc2ccccc2)CC1. The molecule has 148 valence electrons. The monoisotopic (exact) mass is 406 g/mol. The predicted molar refractivity (Wildman–Crippen MR) is 113 cm³/mol. The summed E-state index contributed by atoms with van der Waals surface area (Å²) in [5.74, 6) is 0.564. The number of benzene rings is 2. The molecule has 0 saturated carbocycles. The van der Waals surface area contributed by atoms with Crippen molar-refractivity contribution in [3.05, 3.63) is 88.1 Å². The third kappa shape index (κ3) is 4.49. The fourth-order valence-corrected chi connectivity index (χ4v) is 4.03. The topological polar surface area (TPSA) is 49.9 Å². The van der Waals surface area contributed by atoms with Gasteiger partial charge >= 0.3 is 0 Å². The average Bonchev–Trinajstić information content (AvgIpc) is 3.33. The third-order valence-electron chi connectivity index (χ3n) is 4.94. The number of piperazine rings is 1. The van der Waals surface area contributed by atoms with Crippen LogP contribution in [0.25, 0.3) is 0 Å². The van der Waals surface area contributed by atoms with E-state index in [9.17, 15) is 9.59 Å². The lowest BCUT2D eigenvalue weighted by atomic mass is 10.1. The van der Waals surface area contributed by atoms with Gasteiger partial charge in [-0.05, 0) is 29.1 Å². The molecule has 0 N–H and O–H groups in total. The van der Waals surface area contributed by atoms with Crippen LogP contribution in [-0.4, -0.2) is 47.8 Å². The smallest absolute Gasteiger partial charge is 0.264 e. The second-order valence-electron chi connectivity index (χ2n) is 6.83. The highest BCUT2D eigenvalue weighted by Crippen LogP contribution is 2.22. The van der Waals surface area contributed by atoms with Crippen molar-refractivity contribution in [3.63, 3.8) is 0 Å². The van der Waals surface area contributed by atoms with Crippen LogP contribution >= 0.6 is 11.3 Å². The molecule has 1 aliphatic heterocycles. The van der Waals surface area contributed by atoms with Gasteiger partial charge in [-0.25, -0.2) is 0 Å². The molecule has 29 heavy (non-hydrogen) atoms. The zero-order valence-corrected chi connectivity index (χ0v) is 16.8. The Labute approximate surface area is 174 Å². The molecule has 4 rings (SSSR count). The van der Waals surface area contributed by atoms with Gasteiger partial charge in [-0.3, -0.25) is 9.59 Å². The van der Waals surface area contributed by atoms with Crippen molar-refractivity contribution in [2.75, 3.05) is 26.2 Å². The van der Waals surface area contributed by atoms with Crippen molar-refractivity contribution < 1.29 is 14.3 Å². The van der Waals surface area contributed by atoms with Gasteiger partial charge < -0.3 is 14.5 Å². The molecule has 2 amide bonds. The molecule has 0 aliphatic carbocycles. The molecule has 3 aromatic rings. The summed E-state index contributed by atoms with van der Waals surface area (Å²) in [6, 6.07) is 20.9. The standard InChI is InChI=1S/C23H22N2O3S/c26-22(24-12-14-25(15-13-24)23(27)21-11-6-16-29-21)19-9-4-5-10-20(19)28-17-18-7-2-1-3-8-18/h1-11,16H,12-15,17H2. The van der Waals surface area contributed by atoms with E-state index in [-0.39, 0.29) is 11.8 Å². The highest BCUT2D eigenvalue weighted by molar-refractivity contribution is 7.12. The van der Waals surface area contributed by atoms with Gasteiger partial charge in [-0.1, -0.05) is 48.5 Å². The Kier molecular flexibility index (Phi) is 5.91. The Balaban J connectivity index is 1.39. The van der Waals surface area contributed by atoms with Crippen LogP contribution in [0.4, 0.5) is 0 Å². The molecular weight excluding hydrogens is 384 g/mol. The van der Waals surface area contributed by atoms with E-state index in [1.807, 2.05) is 70.9 Å². The molecule has 0 bridgehead atoms. The first-order valence-corrected chi connectivity index (χ1v) is 10.5. The number of hydrogen-bond acceptors (Lipinski definition) is 4. The van der Waals surface area contributed by atoms with Crippen LogP contribution in [0, 0.1) is 0 Å².